The third-order valence-electron chi connectivity index (χ3n) is 5.66. The molecule has 2 saturated carbocycles. The minimum Gasteiger partial charge on any atom is -0.298 e. The normalized spacial score (nSPS) is 34.8. The van der Waals surface area contributed by atoms with Crippen molar-refractivity contribution in [1.82, 2.24) is 9.97 Å². The first-order chi connectivity index (χ1) is 9.25. The summed E-state index contributed by atoms with van der Waals surface area (Å²) in [4.78, 5) is 21.7. The summed E-state index contributed by atoms with van der Waals surface area (Å²) in [5.41, 5.74) is 2.11. The summed E-state index contributed by atoms with van der Waals surface area (Å²) < 4.78 is 0. The van der Waals surface area contributed by atoms with Gasteiger partial charge in [-0.25, -0.2) is 9.97 Å². The summed E-state index contributed by atoms with van der Waals surface area (Å²) in [6.07, 6.45) is 2.19. The van der Waals surface area contributed by atoms with Crippen LogP contribution in [0.15, 0.2) is 11.2 Å². The van der Waals surface area contributed by atoms with Crippen molar-refractivity contribution in [2.24, 2.45) is 16.7 Å². The highest BCUT2D eigenvalue weighted by atomic mass is 32.2. The van der Waals surface area contributed by atoms with Gasteiger partial charge in [0.25, 0.3) is 0 Å². The van der Waals surface area contributed by atoms with Crippen LogP contribution >= 0.6 is 11.8 Å². The zero-order valence-electron chi connectivity index (χ0n) is 12.9. The molecule has 1 aromatic heterocycles. The van der Waals surface area contributed by atoms with E-state index >= 15 is 0 Å². The molecule has 0 saturated heterocycles. The van der Waals surface area contributed by atoms with E-state index in [0.29, 0.717) is 5.78 Å². The molecule has 4 heteroatoms. The Labute approximate surface area is 125 Å². The first kappa shape index (κ1) is 14.1. The number of carbonyl (C=O) groups is 1. The van der Waals surface area contributed by atoms with E-state index in [1.165, 1.54) is 0 Å². The quantitative estimate of drug-likeness (QED) is 0.781. The van der Waals surface area contributed by atoms with E-state index < -0.39 is 0 Å². The second-order valence-electron chi connectivity index (χ2n) is 7.06. The molecule has 3 atom stereocenters. The maximum absolute atomic E-state index is 12.7. The number of aromatic nitrogens is 2. The Hall–Kier alpha value is -0.900. The standard InChI is InChI=1S/C16H22N2OS/c1-9-8-10(2)18-14(17-9)20-13-12(19)11-6-7-16(13,5)15(11,3)4/h8,11,13H,6-7H2,1-5H3. The molecule has 0 spiro atoms. The average Bonchev–Trinajstić information content (AvgIpc) is 2.62. The Morgan fingerprint density at radius 3 is 2.30 bits per heavy atom. The van der Waals surface area contributed by atoms with Gasteiger partial charge in [-0.05, 0) is 43.6 Å². The maximum atomic E-state index is 12.7. The monoisotopic (exact) mass is 290 g/mol. The zero-order valence-corrected chi connectivity index (χ0v) is 13.7. The number of nitrogens with zero attached hydrogens (tertiary/aromatic N) is 2. The Balaban J connectivity index is 1.94. The van der Waals surface area contributed by atoms with E-state index in [1.807, 2.05) is 19.9 Å². The average molecular weight is 290 g/mol. The molecule has 3 rings (SSSR count). The molecule has 1 aromatic rings. The van der Waals surface area contributed by atoms with Crippen LogP contribution in [-0.4, -0.2) is 21.0 Å². The number of ketones is 1. The fraction of sp³-hybridized carbons (Fsp3) is 0.688. The van der Waals surface area contributed by atoms with Gasteiger partial charge in [0.15, 0.2) is 5.16 Å². The van der Waals surface area contributed by atoms with Gasteiger partial charge in [-0.2, -0.15) is 0 Å². The fourth-order valence-corrected chi connectivity index (χ4v) is 5.59. The second-order valence-corrected chi connectivity index (χ2v) is 8.14. The number of rotatable bonds is 2. The van der Waals surface area contributed by atoms with E-state index in [1.54, 1.807) is 11.8 Å². The Bertz CT molecular complexity index is 564. The first-order valence-corrected chi connectivity index (χ1v) is 8.16. The minimum atomic E-state index is 0.0115. The number of carbonyl (C=O) groups excluding carboxylic acids is 1. The summed E-state index contributed by atoms with van der Waals surface area (Å²) in [5.74, 6) is 0.632. The number of aryl methyl sites for hydroxylation is 2. The fourth-order valence-electron chi connectivity index (χ4n) is 4.03. The predicted octanol–water partition coefficient (Wildman–Crippen LogP) is 3.58. The highest BCUT2D eigenvalue weighted by Gasteiger charge is 2.66. The number of fused-ring (bicyclic) bond motifs is 2. The molecule has 0 aliphatic heterocycles. The van der Waals surface area contributed by atoms with Crippen molar-refractivity contribution < 1.29 is 4.79 Å². The predicted molar refractivity (Wildman–Crippen MR) is 80.8 cm³/mol. The molecule has 2 aliphatic carbocycles. The van der Waals surface area contributed by atoms with Crippen molar-refractivity contribution in [3.8, 4) is 0 Å². The first-order valence-electron chi connectivity index (χ1n) is 7.28. The van der Waals surface area contributed by atoms with Gasteiger partial charge < -0.3 is 0 Å². The van der Waals surface area contributed by atoms with Gasteiger partial charge in [-0.1, -0.05) is 32.5 Å². The molecule has 2 bridgehead atoms. The number of hydrogen-bond donors (Lipinski definition) is 0. The Kier molecular flexibility index (Phi) is 3.02. The minimum absolute atomic E-state index is 0.0115. The number of thioether (sulfide) groups is 1. The van der Waals surface area contributed by atoms with Crippen LogP contribution in [0.5, 0.6) is 0 Å². The van der Waals surface area contributed by atoms with Crippen LogP contribution < -0.4 is 0 Å². The van der Waals surface area contributed by atoms with Gasteiger partial charge in [0, 0.05) is 17.3 Å². The Morgan fingerprint density at radius 1 is 1.20 bits per heavy atom. The molecule has 108 valence electrons. The molecule has 0 radical (unpaired) electrons. The van der Waals surface area contributed by atoms with Gasteiger partial charge in [0.1, 0.15) is 5.78 Å². The van der Waals surface area contributed by atoms with Crippen molar-refractivity contribution >= 4 is 17.5 Å². The molecule has 0 aromatic carbocycles. The molecule has 2 aliphatic rings. The largest absolute Gasteiger partial charge is 0.298 e. The molecule has 0 amide bonds. The molecule has 0 N–H and O–H groups in total. The highest BCUT2D eigenvalue weighted by molar-refractivity contribution is 8.00. The lowest BCUT2D eigenvalue weighted by atomic mass is 9.71. The molecule has 1 heterocycles. The van der Waals surface area contributed by atoms with Crippen LogP contribution in [-0.2, 0) is 4.79 Å². The van der Waals surface area contributed by atoms with Crippen molar-refractivity contribution in [2.45, 2.75) is 57.9 Å². The molecule has 3 nitrogen and oxygen atoms in total. The Morgan fingerprint density at radius 2 is 1.80 bits per heavy atom. The number of hydrogen-bond acceptors (Lipinski definition) is 4. The van der Waals surface area contributed by atoms with Crippen LogP contribution in [0.2, 0.25) is 0 Å². The summed E-state index contributed by atoms with van der Waals surface area (Å²) in [6.45, 7) is 10.7. The third kappa shape index (κ3) is 1.77. The van der Waals surface area contributed by atoms with E-state index in [0.717, 1.165) is 29.4 Å². The lowest BCUT2D eigenvalue weighted by Gasteiger charge is -2.37. The van der Waals surface area contributed by atoms with Crippen LogP contribution in [0.25, 0.3) is 0 Å². The van der Waals surface area contributed by atoms with Gasteiger partial charge in [0.05, 0.1) is 5.25 Å². The van der Waals surface area contributed by atoms with E-state index in [-0.39, 0.29) is 22.0 Å². The van der Waals surface area contributed by atoms with Gasteiger partial charge in [0.2, 0.25) is 0 Å². The topological polar surface area (TPSA) is 42.9 Å². The van der Waals surface area contributed by atoms with Gasteiger partial charge in [-0.3, -0.25) is 4.79 Å². The molecule has 3 unspecified atom stereocenters. The SMILES string of the molecule is Cc1cc(C)nc(SC2C(=O)C3CCC2(C)C3(C)C)n1. The lowest BCUT2D eigenvalue weighted by molar-refractivity contribution is -0.122. The van der Waals surface area contributed by atoms with E-state index in [9.17, 15) is 4.79 Å². The smallest absolute Gasteiger partial charge is 0.188 e. The van der Waals surface area contributed by atoms with Gasteiger partial charge in [-0.15, -0.1) is 0 Å². The van der Waals surface area contributed by atoms with Crippen molar-refractivity contribution in [3.63, 3.8) is 0 Å². The molecular formula is C16H22N2OS. The van der Waals surface area contributed by atoms with Crippen LogP contribution in [0.4, 0.5) is 0 Å². The van der Waals surface area contributed by atoms with Crippen molar-refractivity contribution in [3.05, 3.63) is 17.5 Å². The molecule has 2 fully saturated rings. The molecule has 20 heavy (non-hydrogen) atoms. The zero-order chi connectivity index (χ0) is 14.7. The number of Topliss-reactive ketones (excluding diaryl/α,β-unsaturated/α-hetero) is 1. The summed E-state index contributed by atoms with van der Waals surface area (Å²) in [6, 6.07) is 1.97. The van der Waals surface area contributed by atoms with E-state index in [2.05, 4.69) is 30.7 Å². The molecular weight excluding hydrogens is 268 g/mol. The summed E-state index contributed by atoms with van der Waals surface area (Å²) in [5, 5.41) is 0.767. The summed E-state index contributed by atoms with van der Waals surface area (Å²) in [7, 11) is 0. The van der Waals surface area contributed by atoms with Crippen molar-refractivity contribution in [2.75, 3.05) is 0 Å². The summed E-state index contributed by atoms with van der Waals surface area (Å²) >= 11 is 1.58. The van der Waals surface area contributed by atoms with Crippen LogP contribution in [0, 0.1) is 30.6 Å². The second kappa shape index (κ2) is 4.30. The van der Waals surface area contributed by atoms with Crippen LogP contribution in [0.1, 0.15) is 45.0 Å². The van der Waals surface area contributed by atoms with Crippen molar-refractivity contribution in [1.29, 1.82) is 0 Å². The van der Waals surface area contributed by atoms with E-state index in [4.69, 9.17) is 0 Å². The van der Waals surface area contributed by atoms with Crippen LogP contribution in [0.3, 0.4) is 0 Å². The maximum Gasteiger partial charge on any atom is 0.188 e. The van der Waals surface area contributed by atoms with Gasteiger partial charge >= 0.3 is 0 Å². The third-order valence-corrected chi connectivity index (χ3v) is 7.04. The lowest BCUT2D eigenvalue weighted by Crippen LogP contribution is -2.35. The highest BCUT2D eigenvalue weighted by Crippen LogP contribution is 2.67.